The van der Waals surface area contributed by atoms with Crippen LogP contribution >= 0.6 is 0 Å². The predicted molar refractivity (Wildman–Crippen MR) is 77.1 cm³/mol. The van der Waals surface area contributed by atoms with Gasteiger partial charge in [-0.15, -0.1) is 0 Å². The van der Waals surface area contributed by atoms with Gasteiger partial charge in [0.1, 0.15) is 0 Å². The highest BCUT2D eigenvalue weighted by Gasteiger charge is 2.25. The molecule has 2 unspecified atom stereocenters. The van der Waals surface area contributed by atoms with Gasteiger partial charge in [0, 0.05) is 24.8 Å². The molecule has 0 radical (unpaired) electrons. The SMILES string of the molecule is CCN1CCCC1Cn1cncc1C1CCCCN1. The van der Waals surface area contributed by atoms with Crippen LogP contribution in [0.3, 0.4) is 0 Å². The number of nitrogens with zero attached hydrogens (tertiary/aromatic N) is 3. The fourth-order valence-corrected chi connectivity index (χ4v) is 3.62. The number of hydrogen-bond acceptors (Lipinski definition) is 3. The van der Waals surface area contributed by atoms with Crippen molar-refractivity contribution < 1.29 is 0 Å². The molecule has 4 heteroatoms. The van der Waals surface area contributed by atoms with Crippen LogP contribution in [0.2, 0.25) is 0 Å². The molecule has 0 aromatic carbocycles. The maximum Gasteiger partial charge on any atom is 0.0949 e. The number of piperidine rings is 1. The Morgan fingerprint density at radius 1 is 1.32 bits per heavy atom. The maximum absolute atomic E-state index is 4.39. The predicted octanol–water partition coefficient (Wildman–Crippen LogP) is 2.18. The number of aromatic nitrogens is 2. The summed E-state index contributed by atoms with van der Waals surface area (Å²) in [6.07, 6.45) is 10.7. The molecule has 2 saturated heterocycles. The Bertz CT molecular complexity index is 395. The third-order valence-electron chi connectivity index (χ3n) is 4.72. The topological polar surface area (TPSA) is 33.1 Å². The van der Waals surface area contributed by atoms with Crippen LogP contribution in [0.15, 0.2) is 12.5 Å². The minimum Gasteiger partial charge on any atom is -0.332 e. The molecule has 2 fully saturated rings. The number of nitrogens with one attached hydrogen (secondary N) is 1. The van der Waals surface area contributed by atoms with E-state index in [1.54, 1.807) is 0 Å². The second-order valence-electron chi connectivity index (χ2n) is 5.90. The molecule has 2 aliphatic heterocycles. The summed E-state index contributed by atoms with van der Waals surface area (Å²) < 4.78 is 2.39. The van der Waals surface area contributed by atoms with Crippen molar-refractivity contribution in [3.8, 4) is 0 Å². The molecule has 0 bridgehead atoms. The van der Waals surface area contributed by atoms with Gasteiger partial charge in [0.05, 0.1) is 12.0 Å². The average Bonchev–Trinajstić information content (AvgIpc) is 3.09. The van der Waals surface area contributed by atoms with E-state index in [4.69, 9.17) is 0 Å². The third-order valence-corrected chi connectivity index (χ3v) is 4.72. The van der Waals surface area contributed by atoms with Crippen molar-refractivity contribution in [2.75, 3.05) is 19.6 Å². The first kappa shape index (κ1) is 13.1. The Balaban J connectivity index is 1.69. The number of imidazole rings is 1. The van der Waals surface area contributed by atoms with Crippen LogP contribution in [-0.2, 0) is 6.54 Å². The van der Waals surface area contributed by atoms with Crippen molar-refractivity contribution in [3.05, 3.63) is 18.2 Å². The normalized spacial score (nSPS) is 28.9. The fourth-order valence-electron chi connectivity index (χ4n) is 3.62. The molecule has 19 heavy (non-hydrogen) atoms. The van der Waals surface area contributed by atoms with Crippen LogP contribution in [0, 0.1) is 0 Å². The molecular formula is C15H26N4. The zero-order valence-electron chi connectivity index (χ0n) is 12.0. The van der Waals surface area contributed by atoms with E-state index in [0.29, 0.717) is 12.1 Å². The van der Waals surface area contributed by atoms with Gasteiger partial charge in [0.15, 0.2) is 0 Å². The van der Waals surface area contributed by atoms with E-state index in [0.717, 1.165) is 13.1 Å². The summed E-state index contributed by atoms with van der Waals surface area (Å²) in [6, 6.07) is 1.23. The molecule has 3 heterocycles. The molecule has 1 aromatic rings. The van der Waals surface area contributed by atoms with Gasteiger partial charge < -0.3 is 9.88 Å². The standard InChI is InChI=1S/C15H26N4/c1-2-18-9-5-6-13(18)11-19-12-16-10-15(19)14-7-3-4-8-17-14/h10,12-14,17H,2-9,11H2,1H3. The van der Waals surface area contributed by atoms with Gasteiger partial charge in [-0.2, -0.15) is 0 Å². The lowest BCUT2D eigenvalue weighted by Gasteiger charge is -2.27. The van der Waals surface area contributed by atoms with Crippen molar-refractivity contribution >= 4 is 0 Å². The van der Waals surface area contributed by atoms with Crippen LogP contribution in [-0.4, -0.2) is 40.1 Å². The van der Waals surface area contributed by atoms with E-state index < -0.39 is 0 Å². The summed E-state index contributed by atoms with van der Waals surface area (Å²) in [5.74, 6) is 0. The van der Waals surface area contributed by atoms with Gasteiger partial charge >= 0.3 is 0 Å². The van der Waals surface area contributed by atoms with Crippen molar-refractivity contribution in [2.24, 2.45) is 0 Å². The van der Waals surface area contributed by atoms with E-state index >= 15 is 0 Å². The molecule has 1 N–H and O–H groups in total. The second kappa shape index (κ2) is 6.06. The minimum atomic E-state index is 0.521. The fraction of sp³-hybridized carbons (Fsp3) is 0.800. The largest absolute Gasteiger partial charge is 0.332 e. The number of rotatable bonds is 4. The first-order chi connectivity index (χ1) is 9.38. The molecule has 1 aromatic heterocycles. The Hall–Kier alpha value is -0.870. The van der Waals surface area contributed by atoms with Crippen molar-refractivity contribution in [2.45, 2.75) is 57.7 Å². The average molecular weight is 262 g/mol. The summed E-state index contributed by atoms with van der Waals surface area (Å²) in [6.45, 7) is 6.99. The Labute approximate surface area is 116 Å². The minimum absolute atomic E-state index is 0.521. The maximum atomic E-state index is 4.39. The third kappa shape index (κ3) is 2.84. The lowest BCUT2D eigenvalue weighted by molar-refractivity contribution is 0.240. The van der Waals surface area contributed by atoms with Crippen LogP contribution in [0.1, 0.15) is 50.8 Å². The molecule has 2 aliphatic rings. The molecule has 0 saturated carbocycles. The zero-order valence-corrected chi connectivity index (χ0v) is 12.0. The Morgan fingerprint density at radius 2 is 2.26 bits per heavy atom. The summed E-state index contributed by atoms with van der Waals surface area (Å²) in [5, 5.41) is 3.64. The van der Waals surface area contributed by atoms with E-state index in [9.17, 15) is 0 Å². The highest BCUT2D eigenvalue weighted by atomic mass is 15.2. The monoisotopic (exact) mass is 262 g/mol. The Kier molecular flexibility index (Phi) is 4.18. The van der Waals surface area contributed by atoms with Crippen LogP contribution in [0.5, 0.6) is 0 Å². The molecule has 4 nitrogen and oxygen atoms in total. The lowest BCUT2D eigenvalue weighted by Crippen LogP contribution is -2.34. The summed E-state index contributed by atoms with van der Waals surface area (Å²) in [5.41, 5.74) is 1.39. The zero-order chi connectivity index (χ0) is 13.1. The van der Waals surface area contributed by atoms with Crippen LogP contribution in [0.4, 0.5) is 0 Å². The smallest absolute Gasteiger partial charge is 0.0949 e. The number of likely N-dealkylation sites (tertiary alicyclic amines) is 1. The van der Waals surface area contributed by atoms with Gasteiger partial charge in [-0.05, 0) is 45.3 Å². The first-order valence-electron chi connectivity index (χ1n) is 7.86. The van der Waals surface area contributed by atoms with Gasteiger partial charge in [0.25, 0.3) is 0 Å². The van der Waals surface area contributed by atoms with Gasteiger partial charge in [-0.25, -0.2) is 4.98 Å². The van der Waals surface area contributed by atoms with E-state index in [-0.39, 0.29) is 0 Å². The summed E-state index contributed by atoms with van der Waals surface area (Å²) in [7, 11) is 0. The highest BCUT2D eigenvalue weighted by molar-refractivity contribution is 5.07. The van der Waals surface area contributed by atoms with Gasteiger partial charge in [-0.3, -0.25) is 4.90 Å². The molecule has 106 valence electrons. The first-order valence-corrected chi connectivity index (χ1v) is 7.86. The van der Waals surface area contributed by atoms with Crippen molar-refractivity contribution in [1.82, 2.24) is 19.8 Å². The summed E-state index contributed by atoms with van der Waals surface area (Å²) >= 11 is 0. The number of likely N-dealkylation sites (N-methyl/N-ethyl adjacent to an activating group) is 1. The summed E-state index contributed by atoms with van der Waals surface area (Å²) in [4.78, 5) is 7.00. The highest BCUT2D eigenvalue weighted by Crippen LogP contribution is 2.25. The van der Waals surface area contributed by atoms with Crippen LogP contribution in [0.25, 0.3) is 0 Å². The van der Waals surface area contributed by atoms with Gasteiger partial charge in [0.2, 0.25) is 0 Å². The Morgan fingerprint density at radius 3 is 3.05 bits per heavy atom. The molecule has 0 spiro atoms. The molecule has 2 atom stereocenters. The van der Waals surface area contributed by atoms with Crippen LogP contribution < -0.4 is 5.32 Å². The number of hydrogen-bond donors (Lipinski definition) is 1. The second-order valence-corrected chi connectivity index (χ2v) is 5.90. The van der Waals surface area contributed by atoms with Crippen molar-refractivity contribution in [1.29, 1.82) is 0 Å². The van der Waals surface area contributed by atoms with Crippen molar-refractivity contribution in [3.63, 3.8) is 0 Å². The molecule has 0 aliphatic carbocycles. The van der Waals surface area contributed by atoms with E-state index in [2.05, 4.69) is 32.9 Å². The molecular weight excluding hydrogens is 236 g/mol. The van der Waals surface area contributed by atoms with E-state index in [1.165, 1.54) is 50.9 Å². The molecule has 3 rings (SSSR count). The molecule has 0 amide bonds. The van der Waals surface area contributed by atoms with E-state index in [1.807, 2.05) is 6.33 Å². The van der Waals surface area contributed by atoms with Gasteiger partial charge in [-0.1, -0.05) is 13.3 Å². The lowest BCUT2D eigenvalue weighted by atomic mass is 10.0. The quantitative estimate of drug-likeness (QED) is 0.903.